The van der Waals surface area contributed by atoms with E-state index in [1.807, 2.05) is 0 Å². The van der Waals surface area contributed by atoms with Gasteiger partial charge in [0, 0.05) is 13.8 Å². The second-order valence-electron chi connectivity index (χ2n) is 3.99. The van der Waals surface area contributed by atoms with E-state index in [0.29, 0.717) is 0 Å². The summed E-state index contributed by atoms with van der Waals surface area (Å²) in [7, 11) is 0. The molecule has 0 unspecified atom stereocenters. The summed E-state index contributed by atoms with van der Waals surface area (Å²) in [6.07, 6.45) is -2.64. The fourth-order valence-corrected chi connectivity index (χ4v) is 1.41. The van der Waals surface area contributed by atoms with Crippen LogP contribution in [0, 0.1) is 5.41 Å². The highest BCUT2D eigenvalue weighted by molar-refractivity contribution is 6.09. The molecular weight excluding hydrogens is 292 g/mol. The van der Waals surface area contributed by atoms with E-state index in [1.54, 1.807) is 0 Å². The Kier molecular flexibility index (Phi) is 6.18. The number of carbonyl (C=O) groups is 6. The van der Waals surface area contributed by atoms with Crippen LogP contribution in [0.15, 0.2) is 0 Å². The van der Waals surface area contributed by atoms with Crippen LogP contribution in [0.2, 0.25) is 0 Å². The molecule has 0 heterocycles. The molecule has 0 saturated carbocycles. The van der Waals surface area contributed by atoms with E-state index in [2.05, 4.69) is 9.47 Å². The topological polar surface area (TPSA) is 161 Å². The van der Waals surface area contributed by atoms with Gasteiger partial charge in [-0.25, -0.2) is 0 Å². The van der Waals surface area contributed by atoms with Gasteiger partial charge in [0.05, 0.1) is 12.8 Å². The third-order valence-corrected chi connectivity index (χ3v) is 2.16. The first-order chi connectivity index (χ1) is 9.51. The van der Waals surface area contributed by atoms with Gasteiger partial charge in [0.15, 0.2) is 5.41 Å². The van der Waals surface area contributed by atoms with Gasteiger partial charge in [-0.1, -0.05) is 0 Å². The zero-order valence-electron chi connectivity index (χ0n) is 11.1. The van der Waals surface area contributed by atoms with Crippen molar-refractivity contribution in [3.05, 3.63) is 0 Å². The zero-order valence-corrected chi connectivity index (χ0v) is 11.1. The van der Waals surface area contributed by atoms with Crippen LogP contribution in [0.4, 0.5) is 0 Å². The number of ether oxygens (including phenoxy) is 2. The van der Waals surface area contributed by atoms with Gasteiger partial charge >= 0.3 is 35.8 Å². The van der Waals surface area contributed by atoms with Crippen molar-refractivity contribution in [3.8, 4) is 0 Å². The van der Waals surface area contributed by atoms with E-state index in [4.69, 9.17) is 10.2 Å². The lowest BCUT2D eigenvalue weighted by molar-refractivity contribution is -0.184. The Balaban J connectivity index is 5.82. The van der Waals surface area contributed by atoms with E-state index in [9.17, 15) is 28.8 Å². The van der Waals surface area contributed by atoms with Crippen LogP contribution < -0.4 is 0 Å². The number of carboxylic acids is 2. The van der Waals surface area contributed by atoms with E-state index >= 15 is 0 Å². The summed E-state index contributed by atoms with van der Waals surface area (Å²) in [6.45, 7) is 1.58. The Labute approximate surface area is 117 Å². The number of rotatable bonds is 6. The SMILES string of the molecule is CC(=O)OC(=O)C(CC(=O)O)(CC(=O)O)C(=O)OC(C)=O. The fourth-order valence-electron chi connectivity index (χ4n) is 1.41. The quantitative estimate of drug-likeness (QED) is 0.464. The minimum Gasteiger partial charge on any atom is -0.481 e. The monoisotopic (exact) mass is 304 g/mol. The molecule has 0 aromatic rings. The zero-order chi connectivity index (χ0) is 16.8. The van der Waals surface area contributed by atoms with Crippen LogP contribution >= 0.6 is 0 Å². The molecule has 0 aliphatic heterocycles. The second kappa shape index (κ2) is 7.12. The predicted molar refractivity (Wildman–Crippen MR) is 60.5 cm³/mol. The van der Waals surface area contributed by atoms with Crippen molar-refractivity contribution in [2.75, 3.05) is 0 Å². The van der Waals surface area contributed by atoms with Gasteiger partial charge in [0.1, 0.15) is 0 Å². The summed E-state index contributed by atoms with van der Waals surface area (Å²) in [5, 5.41) is 17.5. The third-order valence-electron chi connectivity index (χ3n) is 2.16. The number of carbonyl (C=O) groups excluding carboxylic acids is 4. The molecule has 0 saturated heterocycles. The van der Waals surface area contributed by atoms with Crippen molar-refractivity contribution >= 4 is 35.8 Å². The Morgan fingerprint density at radius 1 is 0.762 bits per heavy atom. The number of hydrogen-bond donors (Lipinski definition) is 2. The summed E-state index contributed by atoms with van der Waals surface area (Å²) in [4.78, 5) is 66.7. The van der Waals surface area contributed by atoms with Crippen molar-refractivity contribution in [3.63, 3.8) is 0 Å². The molecule has 0 aliphatic carbocycles. The van der Waals surface area contributed by atoms with Crippen LogP contribution in [0.25, 0.3) is 0 Å². The molecule has 21 heavy (non-hydrogen) atoms. The van der Waals surface area contributed by atoms with Crippen LogP contribution in [0.3, 0.4) is 0 Å². The highest BCUT2D eigenvalue weighted by Crippen LogP contribution is 2.31. The summed E-state index contributed by atoms with van der Waals surface area (Å²) in [5.41, 5.74) is -2.84. The number of esters is 4. The first-order valence-electron chi connectivity index (χ1n) is 5.40. The third kappa shape index (κ3) is 5.38. The van der Waals surface area contributed by atoms with Crippen molar-refractivity contribution in [1.29, 1.82) is 0 Å². The predicted octanol–water partition coefficient (Wildman–Crippen LogP) is -0.898. The van der Waals surface area contributed by atoms with Crippen molar-refractivity contribution in [1.82, 2.24) is 0 Å². The van der Waals surface area contributed by atoms with Gasteiger partial charge in [-0.05, 0) is 0 Å². The van der Waals surface area contributed by atoms with Gasteiger partial charge in [-0.3, -0.25) is 28.8 Å². The van der Waals surface area contributed by atoms with Crippen LogP contribution in [-0.2, 0) is 38.2 Å². The summed E-state index contributed by atoms with van der Waals surface area (Å²) in [5.74, 6) is -9.25. The van der Waals surface area contributed by atoms with E-state index in [1.165, 1.54) is 0 Å². The second-order valence-corrected chi connectivity index (χ2v) is 3.99. The highest BCUT2D eigenvalue weighted by Gasteiger charge is 2.53. The van der Waals surface area contributed by atoms with E-state index < -0.39 is 54.1 Å². The van der Waals surface area contributed by atoms with Crippen LogP contribution in [0.1, 0.15) is 26.7 Å². The van der Waals surface area contributed by atoms with Gasteiger partial charge in [0.2, 0.25) is 0 Å². The molecule has 116 valence electrons. The first kappa shape index (κ1) is 18.2. The van der Waals surface area contributed by atoms with Gasteiger partial charge in [0.25, 0.3) is 0 Å². The largest absolute Gasteiger partial charge is 0.481 e. The Morgan fingerprint density at radius 2 is 1.05 bits per heavy atom. The molecule has 0 radical (unpaired) electrons. The average molecular weight is 304 g/mol. The maximum absolute atomic E-state index is 11.8. The Morgan fingerprint density at radius 3 is 1.24 bits per heavy atom. The summed E-state index contributed by atoms with van der Waals surface area (Å²) < 4.78 is 8.21. The minimum atomic E-state index is -2.84. The molecule has 0 aromatic heterocycles. The molecule has 0 amide bonds. The molecule has 0 fully saturated rings. The Hall–Kier alpha value is -2.78. The standard InChI is InChI=1S/C11H12O10/c1-5(12)20-9(18)11(3-7(14)15,4-8(16)17)10(19)21-6(2)13/h3-4H2,1-2H3,(H,14,15)(H,16,17). The first-order valence-corrected chi connectivity index (χ1v) is 5.40. The maximum Gasteiger partial charge on any atom is 0.332 e. The van der Waals surface area contributed by atoms with Crippen molar-refractivity contribution in [2.45, 2.75) is 26.7 Å². The fraction of sp³-hybridized carbons (Fsp3) is 0.455. The lowest BCUT2D eigenvalue weighted by Crippen LogP contribution is -2.46. The van der Waals surface area contributed by atoms with Gasteiger partial charge < -0.3 is 19.7 Å². The molecule has 2 N–H and O–H groups in total. The van der Waals surface area contributed by atoms with Crippen LogP contribution in [0.5, 0.6) is 0 Å². The molecule has 0 aromatic carbocycles. The van der Waals surface area contributed by atoms with E-state index in [-0.39, 0.29) is 0 Å². The molecule has 0 aliphatic rings. The molecular formula is C11H12O10. The van der Waals surface area contributed by atoms with Gasteiger partial charge in [-0.15, -0.1) is 0 Å². The van der Waals surface area contributed by atoms with Crippen molar-refractivity contribution in [2.24, 2.45) is 5.41 Å². The molecule has 0 atom stereocenters. The summed E-state index contributed by atoms with van der Waals surface area (Å²) >= 11 is 0. The Bertz CT molecular complexity index is 457. The molecule has 0 spiro atoms. The molecule has 10 heteroatoms. The van der Waals surface area contributed by atoms with E-state index in [0.717, 1.165) is 13.8 Å². The summed E-state index contributed by atoms with van der Waals surface area (Å²) in [6, 6.07) is 0. The van der Waals surface area contributed by atoms with Crippen LogP contribution in [-0.4, -0.2) is 46.0 Å². The number of aliphatic carboxylic acids is 2. The normalized spacial score (nSPS) is 10.4. The highest BCUT2D eigenvalue weighted by atomic mass is 16.6. The molecule has 10 nitrogen and oxygen atoms in total. The lowest BCUT2D eigenvalue weighted by atomic mass is 9.81. The minimum absolute atomic E-state index is 0.792. The smallest absolute Gasteiger partial charge is 0.332 e. The average Bonchev–Trinajstić information content (AvgIpc) is 2.24. The lowest BCUT2D eigenvalue weighted by Gasteiger charge is -2.24. The maximum atomic E-state index is 11.8. The number of hydrogen-bond acceptors (Lipinski definition) is 8. The molecule has 0 bridgehead atoms. The van der Waals surface area contributed by atoms with Gasteiger partial charge in [-0.2, -0.15) is 0 Å². The molecule has 0 rings (SSSR count). The van der Waals surface area contributed by atoms with Crippen molar-refractivity contribution < 1.29 is 48.5 Å². The number of carboxylic acid groups (broad SMARTS) is 2.